The number of hydrogen-bond donors (Lipinski definition) is 1. The van der Waals surface area contributed by atoms with Crippen molar-refractivity contribution < 1.29 is 9.13 Å². The van der Waals surface area contributed by atoms with E-state index in [1.807, 2.05) is 36.4 Å². The Labute approximate surface area is 185 Å². The number of aromatic nitrogens is 3. The minimum absolute atomic E-state index is 0.0591. The Morgan fingerprint density at radius 2 is 1.58 bits per heavy atom. The summed E-state index contributed by atoms with van der Waals surface area (Å²) in [7, 11) is 0. The van der Waals surface area contributed by atoms with E-state index >= 15 is 0 Å². The maximum atomic E-state index is 12.8. The van der Waals surface area contributed by atoms with Gasteiger partial charge in [0.15, 0.2) is 5.65 Å². The van der Waals surface area contributed by atoms with Gasteiger partial charge in [-0.3, -0.25) is 4.39 Å². The summed E-state index contributed by atoms with van der Waals surface area (Å²) in [5.74, 6) is 0.173. The first-order chi connectivity index (χ1) is 15.2. The first-order valence-electron chi connectivity index (χ1n) is 10.6. The molecule has 0 atom stereocenters. The maximum absolute atomic E-state index is 12.8. The van der Waals surface area contributed by atoms with Gasteiger partial charge in [0, 0.05) is 5.56 Å². The molecule has 2 heterocycles. The van der Waals surface area contributed by atoms with E-state index in [4.69, 9.17) is 16.3 Å². The third-order valence-electron chi connectivity index (χ3n) is 5.96. The van der Waals surface area contributed by atoms with Crippen LogP contribution >= 0.6 is 11.6 Å². The van der Waals surface area contributed by atoms with Gasteiger partial charge < -0.3 is 9.72 Å². The summed E-state index contributed by atoms with van der Waals surface area (Å²) < 4.78 is 18.8. The standard InChI is InChI=1S/C25H23ClFN3O/c26-21-14-22-24(30-25(28-22)31-20-12-6-16(15-27)7-13-20)29-23(21)19-10-8-18(9-11-19)17-4-2-1-3-5-17/h1-5,8-11,14,16,20H,6-7,12-13,15H2,(H,28,29,30)/t16-,20-. The minimum Gasteiger partial charge on any atom is -0.461 e. The van der Waals surface area contributed by atoms with Crippen LogP contribution in [-0.2, 0) is 0 Å². The molecule has 0 aliphatic heterocycles. The number of pyridine rings is 1. The Morgan fingerprint density at radius 1 is 0.903 bits per heavy atom. The van der Waals surface area contributed by atoms with E-state index < -0.39 is 0 Å². The number of hydrogen-bond acceptors (Lipinski definition) is 3. The molecular weight excluding hydrogens is 413 g/mol. The van der Waals surface area contributed by atoms with Crippen molar-refractivity contribution in [2.45, 2.75) is 31.8 Å². The molecule has 31 heavy (non-hydrogen) atoms. The highest BCUT2D eigenvalue weighted by Crippen LogP contribution is 2.32. The number of imidazole rings is 1. The van der Waals surface area contributed by atoms with Crippen molar-refractivity contribution in [1.82, 2.24) is 15.0 Å². The third-order valence-corrected chi connectivity index (χ3v) is 6.25. The first-order valence-corrected chi connectivity index (χ1v) is 11.0. The highest BCUT2D eigenvalue weighted by atomic mass is 35.5. The van der Waals surface area contributed by atoms with Gasteiger partial charge in [-0.1, -0.05) is 66.2 Å². The largest absolute Gasteiger partial charge is 0.461 e. The Kier molecular flexibility index (Phi) is 5.60. The molecule has 6 heteroatoms. The van der Waals surface area contributed by atoms with Gasteiger partial charge in [0.25, 0.3) is 6.01 Å². The van der Waals surface area contributed by atoms with Gasteiger partial charge in [0.05, 0.1) is 22.9 Å². The predicted octanol–water partition coefficient (Wildman–Crippen LogP) is 6.85. The van der Waals surface area contributed by atoms with Crippen LogP contribution in [0, 0.1) is 5.92 Å². The van der Waals surface area contributed by atoms with E-state index in [-0.39, 0.29) is 18.7 Å². The molecule has 2 aromatic carbocycles. The van der Waals surface area contributed by atoms with E-state index in [1.54, 1.807) is 0 Å². The quantitative estimate of drug-likeness (QED) is 0.373. The second-order valence-corrected chi connectivity index (χ2v) is 8.50. The molecule has 0 amide bonds. The lowest BCUT2D eigenvalue weighted by Crippen LogP contribution is -2.25. The van der Waals surface area contributed by atoms with Crippen molar-refractivity contribution in [1.29, 1.82) is 0 Å². The van der Waals surface area contributed by atoms with Crippen LogP contribution in [0.3, 0.4) is 0 Å². The Bertz CT molecular complexity index is 1170. The fourth-order valence-electron chi connectivity index (χ4n) is 4.17. The lowest BCUT2D eigenvalue weighted by Gasteiger charge is -2.26. The van der Waals surface area contributed by atoms with Gasteiger partial charge in [0.1, 0.15) is 6.10 Å². The van der Waals surface area contributed by atoms with Crippen LogP contribution in [-0.4, -0.2) is 27.7 Å². The van der Waals surface area contributed by atoms with Gasteiger partial charge in [-0.05, 0) is 48.8 Å². The van der Waals surface area contributed by atoms with Gasteiger partial charge in [-0.15, -0.1) is 0 Å². The Balaban J connectivity index is 1.37. The van der Waals surface area contributed by atoms with Crippen LogP contribution in [0.2, 0.25) is 5.02 Å². The Morgan fingerprint density at radius 3 is 2.29 bits per heavy atom. The third kappa shape index (κ3) is 4.28. The molecule has 158 valence electrons. The van der Waals surface area contributed by atoms with Crippen molar-refractivity contribution in [3.8, 4) is 28.4 Å². The SMILES string of the molecule is FC[C@H]1CC[C@H](Oc2nc3nc(-c4ccc(-c5ccccc5)cc4)c(Cl)cc3[nH]2)CC1. The lowest BCUT2D eigenvalue weighted by atomic mass is 9.88. The molecule has 0 unspecified atom stereocenters. The number of fused-ring (bicyclic) bond motifs is 1. The van der Waals surface area contributed by atoms with Crippen LogP contribution in [0.4, 0.5) is 4.39 Å². The van der Waals surface area contributed by atoms with Gasteiger partial charge in [-0.2, -0.15) is 4.98 Å². The van der Waals surface area contributed by atoms with Crippen LogP contribution < -0.4 is 4.74 Å². The molecule has 1 saturated carbocycles. The topological polar surface area (TPSA) is 50.8 Å². The lowest BCUT2D eigenvalue weighted by molar-refractivity contribution is 0.113. The van der Waals surface area contributed by atoms with E-state index in [0.717, 1.165) is 47.9 Å². The molecule has 4 nitrogen and oxygen atoms in total. The smallest absolute Gasteiger partial charge is 0.296 e. The molecule has 1 aliphatic rings. The molecular formula is C25H23ClFN3O. The number of aromatic amines is 1. The zero-order valence-corrected chi connectivity index (χ0v) is 17.8. The van der Waals surface area contributed by atoms with Crippen LogP contribution in [0.25, 0.3) is 33.5 Å². The van der Waals surface area contributed by atoms with E-state index in [2.05, 4.69) is 39.2 Å². The molecule has 0 saturated heterocycles. The van der Waals surface area contributed by atoms with Crippen LogP contribution in [0.1, 0.15) is 25.7 Å². The van der Waals surface area contributed by atoms with E-state index in [0.29, 0.717) is 22.4 Å². The van der Waals surface area contributed by atoms with Crippen molar-refractivity contribution in [2.24, 2.45) is 5.92 Å². The average Bonchev–Trinajstić information content (AvgIpc) is 3.20. The minimum atomic E-state index is -0.241. The molecule has 1 N–H and O–H groups in total. The predicted molar refractivity (Wildman–Crippen MR) is 122 cm³/mol. The van der Waals surface area contributed by atoms with E-state index in [1.165, 1.54) is 0 Å². The van der Waals surface area contributed by atoms with Crippen LogP contribution in [0.5, 0.6) is 6.01 Å². The summed E-state index contributed by atoms with van der Waals surface area (Å²) in [6, 6.07) is 20.7. The summed E-state index contributed by atoms with van der Waals surface area (Å²) in [5.41, 5.74) is 5.23. The molecule has 4 aromatic rings. The number of halogens is 2. The molecule has 0 radical (unpaired) electrons. The van der Waals surface area contributed by atoms with Crippen molar-refractivity contribution in [3.05, 3.63) is 65.7 Å². The average molecular weight is 436 g/mol. The second kappa shape index (κ2) is 8.67. The summed E-state index contributed by atoms with van der Waals surface area (Å²) in [6.07, 6.45) is 3.46. The zero-order valence-electron chi connectivity index (χ0n) is 17.0. The maximum Gasteiger partial charge on any atom is 0.296 e. The Hall–Kier alpha value is -2.92. The van der Waals surface area contributed by atoms with Crippen LogP contribution in [0.15, 0.2) is 60.7 Å². The molecule has 1 fully saturated rings. The molecule has 2 aromatic heterocycles. The summed E-state index contributed by atoms with van der Waals surface area (Å²) in [5, 5.41) is 0.554. The van der Waals surface area contributed by atoms with Gasteiger partial charge in [-0.25, -0.2) is 4.98 Å². The monoisotopic (exact) mass is 435 g/mol. The number of nitrogens with zero attached hydrogens (tertiary/aromatic N) is 2. The highest BCUT2D eigenvalue weighted by Gasteiger charge is 2.23. The normalized spacial score (nSPS) is 18.9. The fraction of sp³-hybridized carbons (Fsp3) is 0.280. The van der Waals surface area contributed by atoms with Crippen molar-refractivity contribution in [3.63, 3.8) is 0 Å². The first kappa shape index (κ1) is 20.0. The number of ether oxygens (including phenoxy) is 1. The number of alkyl halides is 1. The number of benzene rings is 2. The molecule has 1 aliphatic carbocycles. The molecule has 5 rings (SSSR count). The zero-order chi connectivity index (χ0) is 21.2. The summed E-state index contributed by atoms with van der Waals surface area (Å²) in [4.78, 5) is 12.4. The molecule has 0 bridgehead atoms. The van der Waals surface area contributed by atoms with E-state index in [9.17, 15) is 4.39 Å². The van der Waals surface area contributed by atoms with Gasteiger partial charge in [0.2, 0.25) is 0 Å². The fourth-order valence-corrected chi connectivity index (χ4v) is 4.43. The second-order valence-electron chi connectivity index (χ2n) is 8.09. The summed E-state index contributed by atoms with van der Waals surface area (Å²) >= 11 is 6.54. The van der Waals surface area contributed by atoms with Gasteiger partial charge >= 0.3 is 0 Å². The molecule has 0 spiro atoms. The van der Waals surface area contributed by atoms with Crippen molar-refractivity contribution in [2.75, 3.05) is 6.67 Å². The van der Waals surface area contributed by atoms with Crippen molar-refractivity contribution >= 4 is 22.8 Å². The summed E-state index contributed by atoms with van der Waals surface area (Å²) in [6.45, 7) is -0.241. The number of nitrogens with one attached hydrogen (secondary N) is 1. The number of H-pyrrole nitrogens is 1. The highest BCUT2D eigenvalue weighted by molar-refractivity contribution is 6.33. The number of rotatable bonds is 5.